The van der Waals surface area contributed by atoms with Crippen LogP contribution in [-0.4, -0.2) is 53.1 Å². The molecule has 0 bridgehead atoms. The third-order valence-electron chi connectivity index (χ3n) is 3.67. The number of aliphatic carboxylic acids is 1. The van der Waals surface area contributed by atoms with Crippen LogP contribution in [0, 0.1) is 0 Å². The standard InChI is InChI=1S/C14H17N3O2S/c18-13(19)5-6-16-7-9-17(10-8-16)14-11-3-1-2-4-12(11)15-20-14/h1-4H,5-10H2,(H,18,19). The van der Waals surface area contributed by atoms with Gasteiger partial charge in [-0.2, -0.15) is 4.37 Å². The fourth-order valence-electron chi connectivity index (χ4n) is 2.53. The van der Waals surface area contributed by atoms with Crippen LogP contribution in [0.4, 0.5) is 5.00 Å². The fourth-order valence-corrected chi connectivity index (χ4v) is 3.45. The van der Waals surface area contributed by atoms with E-state index in [4.69, 9.17) is 5.11 Å². The molecule has 1 fully saturated rings. The number of carboxylic acids is 1. The van der Waals surface area contributed by atoms with Crippen LogP contribution in [0.3, 0.4) is 0 Å². The van der Waals surface area contributed by atoms with Gasteiger partial charge in [-0.15, -0.1) is 0 Å². The second kappa shape index (κ2) is 5.76. The van der Waals surface area contributed by atoms with Crippen LogP contribution in [0.5, 0.6) is 0 Å². The predicted octanol–water partition coefficient (Wildman–Crippen LogP) is 1.89. The first-order chi connectivity index (χ1) is 9.74. The summed E-state index contributed by atoms with van der Waals surface area (Å²) in [6.45, 7) is 4.35. The number of nitrogens with zero attached hydrogens (tertiary/aromatic N) is 3. The molecule has 2 aromatic rings. The normalized spacial score (nSPS) is 16.7. The van der Waals surface area contributed by atoms with Gasteiger partial charge in [0, 0.05) is 38.1 Å². The van der Waals surface area contributed by atoms with Crippen molar-refractivity contribution in [3.63, 3.8) is 0 Å². The molecule has 6 heteroatoms. The molecule has 0 spiro atoms. The number of hydrogen-bond donors (Lipinski definition) is 1. The summed E-state index contributed by atoms with van der Waals surface area (Å²) in [6.07, 6.45) is 0.226. The number of benzene rings is 1. The SMILES string of the molecule is O=C(O)CCN1CCN(c2snc3ccccc23)CC1. The lowest BCUT2D eigenvalue weighted by Gasteiger charge is -2.35. The molecule has 0 saturated carbocycles. The van der Waals surface area contributed by atoms with Gasteiger partial charge in [-0.05, 0) is 23.7 Å². The average molecular weight is 291 g/mol. The first kappa shape index (κ1) is 13.3. The zero-order chi connectivity index (χ0) is 13.9. The van der Waals surface area contributed by atoms with E-state index in [1.165, 1.54) is 10.4 Å². The lowest BCUT2D eigenvalue weighted by atomic mass is 10.2. The molecule has 5 nitrogen and oxygen atoms in total. The highest BCUT2D eigenvalue weighted by Crippen LogP contribution is 2.31. The molecule has 0 radical (unpaired) electrons. The number of piperazine rings is 1. The number of fused-ring (bicyclic) bond motifs is 1. The lowest BCUT2D eigenvalue weighted by Crippen LogP contribution is -2.46. The quantitative estimate of drug-likeness (QED) is 0.932. The van der Waals surface area contributed by atoms with Crippen LogP contribution in [0.15, 0.2) is 24.3 Å². The Morgan fingerprint density at radius 3 is 2.75 bits per heavy atom. The minimum atomic E-state index is -0.721. The highest BCUT2D eigenvalue weighted by Gasteiger charge is 2.20. The van der Waals surface area contributed by atoms with Crippen molar-refractivity contribution in [2.24, 2.45) is 0 Å². The molecule has 0 amide bonds. The fraction of sp³-hybridized carbons (Fsp3) is 0.429. The molecule has 106 valence electrons. The van der Waals surface area contributed by atoms with Crippen molar-refractivity contribution in [1.82, 2.24) is 9.27 Å². The van der Waals surface area contributed by atoms with Crippen LogP contribution in [0.1, 0.15) is 6.42 Å². The molecule has 1 aromatic carbocycles. The second-order valence-corrected chi connectivity index (χ2v) is 5.73. The molecule has 1 aliphatic heterocycles. The molecule has 3 rings (SSSR count). The van der Waals surface area contributed by atoms with E-state index in [1.807, 2.05) is 18.2 Å². The van der Waals surface area contributed by atoms with Crippen molar-refractivity contribution in [2.75, 3.05) is 37.6 Å². The van der Waals surface area contributed by atoms with Gasteiger partial charge in [0.25, 0.3) is 0 Å². The van der Waals surface area contributed by atoms with Gasteiger partial charge in [-0.1, -0.05) is 12.1 Å². The van der Waals surface area contributed by atoms with Gasteiger partial charge < -0.3 is 10.0 Å². The van der Waals surface area contributed by atoms with Crippen LogP contribution >= 0.6 is 11.5 Å². The van der Waals surface area contributed by atoms with Crippen molar-refractivity contribution in [2.45, 2.75) is 6.42 Å². The maximum Gasteiger partial charge on any atom is 0.304 e. The van der Waals surface area contributed by atoms with Crippen molar-refractivity contribution in [3.05, 3.63) is 24.3 Å². The summed E-state index contributed by atoms with van der Waals surface area (Å²) < 4.78 is 4.48. The summed E-state index contributed by atoms with van der Waals surface area (Å²) in [7, 11) is 0. The van der Waals surface area contributed by atoms with Crippen LogP contribution in [0.25, 0.3) is 10.9 Å². The maximum absolute atomic E-state index is 10.6. The van der Waals surface area contributed by atoms with Crippen molar-refractivity contribution >= 4 is 33.4 Å². The monoisotopic (exact) mass is 291 g/mol. The van der Waals surface area contributed by atoms with Gasteiger partial charge in [0.2, 0.25) is 0 Å². The van der Waals surface area contributed by atoms with Crippen molar-refractivity contribution < 1.29 is 9.90 Å². The minimum absolute atomic E-state index is 0.226. The Morgan fingerprint density at radius 2 is 2.00 bits per heavy atom. The maximum atomic E-state index is 10.6. The van der Waals surface area contributed by atoms with Crippen molar-refractivity contribution in [3.8, 4) is 0 Å². The molecule has 1 N–H and O–H groups in total. The largest absolute Gasteiger partial charge is 0.481 e. The number of rotatable bonds is 4. The number of carboxylic acid groups (broad SMARTS) is 1. The third kappa shape index (κ3) is 2.76. The number of carbonyl (C=O) groups is 1. The van der Waals surface area contributed by atoms with E-state index in [-0.39, 0.29) is 6.42 Å². The Balaban J connectivity index is 1.65. The van der Waals surface area contributed by atoms with Crippen LogP contribution in [-0.2, 0) is 4.79 Å². The molecular weight excluding hydrogens is 274 g/mol. The molecule has 1 saturated heterocycles. The molecule has 2 heterocycles. The lowest BCUT2D eigenvalue weighted by molar-refractivity contribution is -0.137. The summed E-state index contributed by atoms with van der Waals surface area (Å²) in [5.74, 6) is -0.721. The third-order valence-corrected chi connectivity index (χ3v) is 4.61. The first-order valence-corrected chi connectivity index (χ1v) is 7.55. The number of anilines is 1. The summed E-state index contributed by atoms with van der Waals surface area (Å²) in [5, 5.41) is 11.2. The van der Waals surface area contributed by atoms with Gasteiger partial charge in [0.15, 0.2) is 0 Å². The molecular formula is C14H17N3O2S. The zero-order valence-electron chi connectivity index (χ0n) is 11.2. The second-order valence-electron chi connectivity index (χ2n) is 4.98. The first-order valence-electron chi connectivity index (χ1n) is 6.77. The van der Waals surface area contributed by atoms with E-state index >= 15 is 0 Å². The van der Waals surface area contributed by atoms with Gasteiger partial charge in [0.05, 0.1) is 11.9 Å². The molecule has 0 aliphatic carbocycles. The average Bonchev–Trinajstić information content (AvgIpc) is 2.89. The number of hydrogen-bond acceptors (Lipinski definition) is 5. The van der Waals surface area contributed by atoms with Gasteiger partial charge in [-0.25, -0.2) is 0 Å². The summed E-state index contributed by atoms with van der Waals surface area (Å²) in [5.41, 5.74) is 1.06. The Labute approximate surface area is 121 Å². The molecule has 0 unspecified atom stereocenters. The Morgan fingerprint density at radius 1 is 1.25 bits per heavy atom. The highest BCUT2D eigenvalue weighted by molar-refractivity contribution is 7.11. The van der Waals surface area contributed by atoms with Gasteiger partial charge in [0.1, 0.15) is 5.00 Å². The Bertz CT molecular complexity index is 605. The Kier molecular flexibility index (Phi) is 3.84. The topological polar surface area (TPSA) is 56.7 Å². The van der Waals surface area contributed by atoms with Crippen LogP contribution in [0.2, 0.25) is 0 Å². The molecule has 1 aromatic heterocycles. The van der Waals surface area contributed by atoms with E-state index in [9.17, 15) is 4.79 Å². The van der Waals surface area contributed by atoms with Crippen LogP contribution < -0.4 is 4.90 Å². The van der Waals surface area contributed by atoms with E-state index in [2.05, 4.69) is 20.2 Å². The minimum Gasteiger partial charge on any atom is -0.481 e. The number of aromatic nitrogens is 1. The van der Waals surface area contributed by atoms with Crippen molar-refractivity contribution in [1.29, 1.82) is 0 Å². The summed E-state index contributed by atoms with van der Waals surface area (Å²) >= 11 is 1.55. The molecule has 1 aliphatic rings. The van der Waals surface area contributed by atoms with E-state index < -0.39 is 5.97 Å². The summed E-state index contributed by atoms with van der Waals surface area (Å²) in [4.78, 5) is 15.2. The Hall–Kier alpha value is -1.66. The molecule has 0 atom stereocenters. The van der Waals surface area contributed by atoms with E-state index in [0.717, 1.165) is 31.7 Å². The van der Waals surface area contributed by atoms with Gasteiger partial charge in [-0.3, -0.25) is 9.69 Å². The smallest absolute Gasteiger partial charge is 0.304 e. The highest BCUT2D eigenvalue weighted by atomic mass is 32.1. The molecule has 20 heavy (non-hydrogen) atoms. The zero-order valence-corrected chi connectivity index (χ0v) is 12.0. The predicted molar refractivity (Wildman–Crippen MR) is 80.5 cm³/mol. The van der Waals surface area contributed by atoms with E-state index in [0.29, 0.717) is 6.54 Å². The van der Waals surface area contributed by atoms with E-state index in [1.54, 1.807) is 11.5 Å². The van der Waals surface area contributed by atoms with Gasteiger partial charge >= 0.3 is 5.97 Å². The summed E-state index contributed by atoms with van der Waals surface area (Å²) in [6, 6.07) is 8.21.